The number of sulfone groups is 1. The second kappa shape index (κ2) is 13.1. The largest absolute Gasteiger partial charge is 0.355 e. The molecule has 3 rings (SSSR count). The van der Waals surface area contributed by atoms with E-state index in [2.05, 4.69) is 44.8 Å². The maximum atomic E-state index is 13.8. The summed E-state index contributed by atoms with van der Waals surface area (Å²) >= 11 is 0. The van der Waals surface area contributed by atoms with Crippen LogP contribution in [-0.2, 0) is 22.9 Å². The number of benzene rings is 2. The van der Waals surface area contributed by atoms with Gasteiger partial charge in [0, 0.05) is 26.7 Å². The highest BCUT2D eigenvalue weighted by Crippen LogP contribution is 2.15. The average molecular weight is 575 g/mol. The SMILES string of the molecule is CN=C(NCCS(=O)(=O)c1ccccc1F)NCc1ccc(CN2CCCCC2)cc1.I. The van der Waals surface area contributed by atoms with E-state index in [1.807, 2.05) is 0 Å². The number of guanidine groups is 1. The zero-order chi connectivity index (χ0) is 22.1. The van der Waals surface area contributed by atoms with Gasteiger partial charge in [-0.05, 0) is 49.2 Å². The fraction of sp³-hybridized carbons (Fsp3) is 0.435. The van der Waals surface area contributed by atoms with Gasteiger partial charge in [-0.3, -0.25) is 9.89 Å². The minimum absolute atomic E-state index is 0. The summed E-state index contributed by atoms with van der Waals surface area (Å²) in [6.07, 6.45) is 3.91. The van der Waals surface area contributed by atoms with Gasteiger partial charge in [-0.1, -0.05) is 42.8 Å². The Morgan fingerprint density at radius 2 is 1.66 bits per heavy atom. The molecule has 176 valence electrons. The Bertz CT molecular complexity index is 978. The number of aliphatic imine (C=N–C) groups is 1. The van der Waals surface area contributed by atoms with Crippen LogP contribution in [-0.4, -0.2) is 51.7 Å². The van der Waals surface area contributed by atoms with Crippen LogP contribution in [0.5, 0.6) is 0 Å². The van der Waals surface area contributed by atoms with Crippen LogP contribution in [0.3, 0.4) is 0 Å². The van der Waals surface area contributed by atoms with Crippen molar-refractivity contribution in [1.29, 1.82) is 0 Å². The third kappa shape index (κ3) is 8.00. The van der Waals surface area contributed by atoms with Crippen molar-refractivity contribution >= 4 is 39.8 Å². The topological polar surface area (TPSA) is 73.8 Å². The van der Waals surface area contributed by atoms with Crippen LogP contribution in [0.1, 0.15) is 30.4 Å². The van der Waals surface area contributed by atoms with Crippen molar-refractivity contribution in [3.05, 3.63) is 65.5 Å². The summed E-state index contributed by atoms with van der Waals surface area (Å²) in [6.45, 7) is 4.05. The van der Waals surface area contributed by atoms with Crippen LogP contribution in [0.15, 0.2) is 58.4 Å². The zero-order valence-corrected chi connectivity index (χ0v) is 21.5. The molecule has 6 nitrogen and oxygen atoms in total. The number of halogens is 2. The molecule has 1 heterocycles. The molecule has 1 aliphatic heterocycles. The number of hydrogen-bond acceptors (Lipinski definition) is 4. The van der Waals surface area contributed by atoms with Crippen LogP contribution in [0, 0.1) is 5.82 Å². The lowest BCUT2D eigenvalue weighted by Gasteiger charge is -2.26. The minimum atomic E-state index is -3.70. The molecule has 0 saturated carbocycles. The van der Waals surface area contributed by atoms with E-state index >= 15 is 0 Å². The number of piperidine rings is 1. The normalized spacial score (nSPS) is 15.1. The van der Waals surface area contributed by atoms with Gasteiger partial charge >= 0.3 is 0 Å². The second-order valence-electron chi connectivity index (χ2n) is 7.76. The van der Waals surface area contributed by atoms with Crippen molar-refractivity contribution in [2.45, 2.75) is 37.2 Å². The number of rotatable bonds is 8. The van der Waals surface area contributed by atoms with E-state index in [-0.39, 0.29) is 41.2 Å². The van der Waals surface area contributed by atoms with Crippen LogP contribution in [0.25, 0.3) is 0 Å². The summed E-state index contributed by atoms with van der Waals surface area (Å²) in [6, 6.07) is 13.9. The van der Waals surface area contributed by atoms with Crippen molar-refractivity contribution in [3.63, 3.8) is 0 Å². The Balaban J connectivity index is 0.00000363. The highest BCUT2D eigenvalue weighted by atomic mass is 127. The summed E-state index contributed by atoms with van der Waals surface area (Å²) in [5.74, 6) is -0.449. The lowest BCUT2D eigenvalue weighted by molar-refractivity contribution is 0.221. The standard InChI is InChI=1S/C23H31FN4O2S.HI/c1-25-23(26-13-16-31(29,30)22-8-4-3-7-21(22)24)27-17-19-9-11-20(12-10-19)18-28-14-5-2-6-15-28;/h3-4,7-12H,2,5-6,13-18H2,1H3,(H2,25,26,27);1H. The van der Waals surface area contributed by atoms with Crippen LogP contribution < -0.4 is 10.6 Å². The van der Waals surface area contributed by atoms with E-state index in [0.29, 0.717) is 12.5 Å². The molecule has 0 amide bonds. The molecule has 0 radical (unpaired) electrons. The first kappa shape index (κ1) is 26.5. The zero-order valence-electron chi connectivity index (χ0n) is 18.4. The van der Waals surface area contributed by atoms with E-state index in [0.717, 1.165) is 18.2 Å². The second-order valence-corrected chi connectivity index (χ2v) is 9.83. The summed E-state index contributed by atoms with van der Waals surface area (Å²) in [4.78, 5) is 6.35. The fourth-order valence-electron chi connectivity index (χ4n) is 3.66. The number of likely N-dealkylation sites (tertiary alicyclic amines) is 1. The number of nitrogens with zero attached hydrogens (tertiary/aromatic N) is 2. The van der Waals surface area contributed by atoms with Crippen molar-refractivity contribution in [3.8, 4) is 0 Å². The lowest BCUT2D eigenvalue weighted by atomic mass is 10.1. The molecule has 2 aromatic rings. The van der Waals surface area contributed by atoms with Crippen LogP contribution >= 0.6 is 24.0 Å². The van der Waals surface area contributed by atoms with E-state index < -0.39 is 15.7 Å². The highest BCUT2D eigenvalue weighted by Gasteiger charge is 2.18. The third-order valence-corrected chi connectivity index (χ3v) is 7.14. The quantitative estimate of drug-likeness (QED) is 0.287. The van der Waals surface area contributed by atoms with E-state index in [9.17, 15) is 12.8 Å². The van der Waals surface area contributed by atoms with Gasteiger partial charge in [0.1, 0.15) is 10.7 Å². The Labute approximate surface area is 207 Å². The first-order chi connectivity index (χ1) is 15.0. The Hall–Kier alpha value is -1.72. The van der Waals surface area contributed by atoms with E-state index in [4.69, 9.17) is 0 Å². The Morgan fingerprint density at radius 1 is 1.00 bits per heavy atom. The molecule has 0 aromatic heterocycles. The Morgan fingerprint density at radius 3 is 2.31 bits per heavy atom. The molecule has 1 fully saturated rings. The molecule has 2 N–H and O–H groups in total. The summed E-state index contributed by atoms with van der Waals surface area (Å²) < 4.78 is 38.4. The van der Waals surface area contributed by atoms with Gasteiger partial charge in [0.2, 0.25) is 0 Å². The summed E-state index contributed by atoms with van der Waals surface area (Å²) in [7, 11) is -2.08. The third-order valence-electron chi connectivity index (χ3n) is 5.40. The predicted octanol–water partition coefficient (Wildman–Crippen LogP) is 3.57. The van der Waals surface area contributed by atoms with E-state index in [1.165, 1.54) is 56.1 Å². The summed E-state index contributed by atoms with van der Waals surface area (Å²) in [5, 5.41) is 6.16. The number of hydrogen-bond donors (Lipinski definition) is 2. The van der Waals surface area contributed by atoms with Gasteiger partial charge in [0.25, 0.3) is 0 Å². The van der Waals surface area contributed by atoms with Crippen LogP contribution in [0.4, 0.5) is 4.39 Å². The first-order valence-electron chi connectivity index (χ1n) is 10.7. The highest BCUT2D eigenvalue weighted by molar-refractivity contribution is 14.0. The van der Waals surface area contributed by atoms with Gasteiger partial charge in [-0.25, -0.2) is 12.8 Å². The fourth-order valence-corrected chi connectivity index (χ4v) is 4.90. The molecule has 0 unspecified atom stereocenters. The van der Waals surface area contributed by atoms with Crippen molar-refractivity contribution in [1.82, 2.24) is 15.5 Å². The monoisotopic (exact) mass is 574 g/mol. The molecule has 0 spiro atoms. The smallest absolute Gasteiger partial charge is 0.191 e. The molecule has 0 aliphatic carbocycles. The van der Waals surface area contributed by atoms with Crippen molar-refractivity contribution in [2.75, 3.05) is 32.4 Å². The molecule has 9 heteroatoms. The molecule has 1 saturated heterocycles. The maximum absolute atomic E-state index is 13.8. The lowest BCUT2D eigenvalue weighted by Crippen LogP contribution is -2.39. The van der Waals surface area contributed by atoms with Gasteiger partial charge < -0.3 is 10.6 Å². The molecule has 32 heavy (non-hydrogen) atoms. The molecular weight excluding hydrogens is 542 g/mol. The van der Waals surface area contributed by atoms with Gasteiger partial charge in [-0.15, -0.1) is 24.0 Å². The first-order valence-corrected chi connectivity index (χ1v) is 12.3. The molecular formula is C23H32FIN4O2S. The van der Waals surface area contributed by atoms with Gasteiger partial charge in [-0.2, -0.15) is 0 Å². The van der Waals surface area contributed by atoms with Gasteiger partial charge in [0.15, 0.2) is 15.8 Å². The average Bonchev–Trinajstić information content (AvgIpc) is 2.78. The predicted molar refractivity (Wildman–Crippen MR) is 138 cm³/mol. The Kier molecular flexibility index (Phi) is 10.9. The minimum Gasteiger partial charge on any atom is -0.355 e. The maximum Gasteiger partial charge on any atom is 0.191 e. The van der Waals surface area contributed by atoms with Crippen LogP contribution in [0.2, 0.25) is 0 Å². The van der Waals surface area contributed by atoms with Crippen molar-refractivity contribution in [2.24, 2.45) is 4.99 Å². The van der Waals surface area contributed by atoms with Crippen molar-refractivity contribution < 1.29 is 12.8 Å². The van der Waals surface area contributed by atoms with Gasteiger partial charge in [0.05, 0.1) is 5.75 Å². The molecule has 2 aromatic carbocycles. The van der Waals surface area contributed by atoms with E-state index in [1.54, 1.807) is 7.05 Å². The molecule has 0 bridgehead atoms. The number of nitrogens with one attached hydrogen (secondary N) is 2. The summed E-state index contributed by atoms with van der Waals surface area (Å²) in [5.41, 5.74) is 2.43. The molecule has 0 atom stereocenters. The molecule has 1 aliphatic rings.